The van der Waals surface area contributed by atoms with Crippen LogP contribution < -0.4 is 9.80 Å². The number of hydroxylamine groups is 1. The normalized spacial score (nSPS) is 11.0. The Bertz CT molecular complexity index is 940. The quantitative estimate of drug-likeness (QED) is 0.429. The number of nitrogens with zero attached hydrogens (tertiary/aromatic N) is 3. The van der Waals surface area contributed by atoms with Crippen LogP contribution in [0.4, 0.5) is 5.69 Å². The van der Waals surface area contributed by atoms with Crippen molar-refractivity contribution in [2.24, 2.45) is 0 Å². The second-order valence-corrected chi connectivity index (χ2v) is 5.10. The fourth-order valence-corrected chi connectivity index (χ4v) is 2.51. The van der Waals surface area contributed by atoms with Crippen LogP contribution in [0.1, 0.15) is 12.5 Å². The van der Waals surface area contributed by atoms with Crippen LogP contribution in [0.5, 0.6) is 11.5 Å². The second-order valence-electron chi connectivity index (χ2n) is 5.10. The van der Waals surface area contributed by atoms with Crippen molar-refractivity contribution in [3.8, 4) is 11.5 Å². The van der Waals surface area contributed by atoms with Crippen molar-refractivity contribution in [2.45, 2.75) is 13.8 Å². The van der Waals surface area contributed by atoms with E-state index >= 15 is 0 Å². The Balaban J connectivity index is 2.53. The fourth-order valence-electron chi connectivity index (χ4n) is 2.51. The largest absolute Gasteiger partial charge is 0.505 e. The minimum absolute atomic E-state index is 0.107. The third-order valence-electron chi connectivity index (χ3n) is 3.64. The molecule has 0 fully saturated rings. The third-order valence-corrected chi connectivity index (χ3v) is 3.64. The molecule has 0 saturated heterocycles. The number of fused-ring (bicyclic) bond motifs is 2. The van der Waals surface area contributed by atoms with Crippen LogP contribution in [0, 0.1) is 6.92 Å². The topological polar surface area (TPSA) is 95.8 Å². The summed E-state index contributed by atoms with van der Waals surface area (Å²) in [6.07, 6.45) is 0. The van der Waals surface area contributed by atoms with E-state index in [1.165, 1.54) is 14.0 Å². The Labute approximate surface area is 131 Å². The first-order valence-electron chi connectivity index (χ1n) is 6.91. The van der Waals surface area contributed by atoms with Gasteiger partial charge in [0.2, 0.25) is 5.91 Å². The number of ether oxygens (including phenoxy) is 1. The standard InChI is InChI=1S/C16H15N3O4/c1-8-15(21)14(19(22)9(2)20)12-13(16(8)23-3)18-11-7-5-4-6-10(11)17-12/h4-7,21-22H,1-3H3. The number of phenolic OH excluding ortho intramolecular Hbond substituents is 1. The average Bonchev–Trinajstić information content (AvgIpc) is 2.54. The van der Waals surface area contributed by atoms with Crippen LogP contribution >= 0.6 is 0 Å². The lowest BCUT2D eigenvalue weighted by atomic mass is 10.1. The highest BCUT2D eigenvalue weighted by molar-refractivity contribution is 6.06. The predicted octanol–water partition coefficient (Wildman–Crippen LogP) is 2.55. The minimum atomic E-state index is -0.652. The summed E-state index contributed by atoms with van der Waals surface area (Å²) in [7, 11) is 1.46. The van der Waals surface area contributed by atoms with Gasteiger partial charge < -0.3 is 9.84 Å². The van der Waals surface area contributed by atoms with Gasteiger partial charge in [-0.2, -0.15) is 5.06 Å². The summed E-state index contributed by atoms with van der Waals surface area (Å²) in [6.45, 7) is 2.79. The Kier molecular flexibility index (Phi) is 3.49. The maximum atomic E-state index is 11.6. The van der Waals surface area contributed by atoms with Crippen LogP contribution in [0.25, 0.3) is 22.1 Å². The maximum Gasteiger partial charge on any atom is 0.247 e. The van der Waals surface area contributed by atoms with E-state index in [1.54, 1.807) is 25.1 Å². The molecule has 2 N–H and O–H groups in total. The number of rotatable bonds is 2. The Morgan fingerprint density at radius 3 is 2.26 bits per heavy atom. The number of anilines is 1. The molecule has 7 heteroatoms. The van der Waals surface area contributed by atoms with Gasteiger partial charge in [-0.1, -0.05) is 12.1 Å². The first kappa shape index (κ1) is 15.0. The fraction of sp³-hybridized carbons (Fsp3) is 0.188. The van der Waals surface area contributed by atoms with E-state index in [-0.39, 0.29) is 17.0 Å². The highest BCUT2D eigenvalue weighted by Gasteiger charge is 2.25. The number of amides is 1. The van der Waals surface area contributed by atoms with Gasteiger partial charge in [0.15, 0.2) is 11.5 Å². The zero-order valence-electron chi connectivity index (χ0n) is 12.9. The zero-order chi connectivity index (χ0) is 16.7. The van der Waals surface area contributed by atoms with Gasteiger partial charge in [-0.15, -0.1) is 0 Å². The van der Waals surface area contributed by atoms with Crippen LogP contribution in [-0.2, 0) is 4.79 Å². The Hall–Kier alpha value is -2.93. The number of carbonyl (C=O) groups excluding carboxylic acids is 1. The number of para-hydroxylation sites is 2. The lowest BCUT2D eigenvalue weighted by Gasteiger charge is -2.19. The summed E-state index contributed by atoms with van der Waals surface area (Å²) in [5, 5.41) is 20.8. The van der Waals surface area contributed by atoms with Crippen LogP contribution in [0.15, 0.2) is 24.3 Å². The summed E-state index contributed by atoms with van der Waals surface area (Å²) < 4.78 is 5.34. The van der Waals surface area contributed by atoms with Gasteiger partial charge in [-0.05, 0) is 19.1 Å². The minimum Gasteiger partial charge on any atom is -0.505 e. The Morgan fingerprint density at radius 2 is 1.74 bits per heavy atom. The van der Waals surface area contributed by atoms with Gasteiger partial charge in [0.1, 0.15) is 16.7 Å². The number of hydrogen-bond donors (Lipinski definition) is 2. The van der Waals surface area contributed by atoms with Crippen molar-refractivity contribution >= 4 is 33.7 Å². The molecular formula is C16H15N3O4. The number of methoxy groups -OCH3 is 1. The maximum absolute atomic E-state index is 11.6. The first-order chi connectivity index (χ1) is 11.0. The molecule has 118 valence electrons. The number of phenols is 1. The average molecular weight is 313 g/mol. The van der Waals surface area contributed by atoms with Crippen molar-refractivity contribution in [3.63, 3.8) is 0 Å². The smallest absolute Gasteiger partial charge is 0.247 e. The van der Waals surface area contributed by atoms with Crippen molar-refractivity contribution in [1.29, 1.82) is 0 Å². The lowest BCUT2D eigenvalue weighted by molar-refractivity contribution is -0.121. The third kappa shape index (κ3) is 2.22. The molecule has 3 rings (SSSR count). The molecule has 0 aliphatic carbocycles. The van der Waals surface area contributed by atoms with Gasteiger partial charge in [-0.3, -0.25) is 10.0 Å². The van der Waals surface area contributed by atoms with Crippen molar-refractivity contribution in [2.75, 3.05) is 12.2 Å². The van der Waals surface area contributed by atoms with E-state index in [4.69, 9.17) is 4.74 Å². The van der Waals surface area contributed by atoms with Gasteiger partial charge >= 0.3 is 0 Å². The number of benzene rings is 2. The lowest BCUT2D eigenvalue weighted by Crippen LogP contribution is -2.24. The molecular weight excluding hydrogens is 298 g/mol. The SMILES string of the molecule is COc1c(C)c(O)c(N(O)C(C)=O)c2nc3ccccc3nc12. The van der Waals surface area contributed by atoms with E-state index in [1.807, 2.05) is 6.07 Å². The molecule has 1 aromatic heterocycles. The van der Waals surface area contributed by atoms with E-state index in [9.17, 15) is 15.1 Å². The predicted molar refractivity (Wildman–Crippen MR) is 84.9 cm³/mol. The van der Waals surface area contributed by atoms with Gasteiger partial charge in [0.05, 0.1) is 18.1 Å². The summed E-state index contributed by atoms with van der Waals surface area (Å²) in [5.74, 6) is -0.589. The molecule has 0 radical (unpaired) electrons. The van der Waals surface area contributed by atoms with Gasteiger partial charge in [0.25, 0.3) is 0 Å². The molecule has 1 heterocycles. The molecule has 7 nitrogen and oxygen atoms in total. The summed E-state index contributed by atoms with van der Waals surface area (Å²) in [5.41, 5.74) is 2.01. The second kappa shape index (κ2) is 5.36. The summed E-state index contributed by atoms with van der Waals surface area (Å²) >= 11 is 0. The monoisotopic (exact) mass is 313 g/mol. The van der Waals surface area contributed by atoms with Crippen molar-refractivity contribution in [1.82, 2.24) is 9.97 Å². The first-order valence-corrected chi connectivity index (χ1v) is 6.91. The van der Waals surface area contributed by atoms with Gasteiger partial charge in [0, 0.05) is 12.5 Å². The molecule has 0 unspecified atom stereocenters. The van der Waals surface area contributed by atoms with E-state index in [0.717, 1.165) is 0 Å². The molecule has 0 aliphatic heterocycles. The number of aromatic hydroxyl groups is 1. The number of aromatic nitrogens is 2. The van der Waals surface area contributed by atoms with Crippen LogP contribution in [-0.4, -0.2) is 33.3 Å². The van der Waals surface area contributed by atoms with E-state index in [0.29, 0.717) is 32.9 Å². The van der Waals surface area contributed by atoms with Crippen molar-refractivity contribution < 1.29 is 19.8 Å². The molecule has 2 aromatic carbocycles. The molecule has 1 amide bonds. The van der Waals surface area contributed by atoms with Crippen LogP contribution in [0.3, 0.4) is 0 Å². The molecule has 0 aliphatic rings. The van der Waals surface area contributed by atoms with Crippen LogP contribution in [0.2, 0.25) is 0 Å². The van der Waals surface area contributed by atoms with Gasteiger partial charge in [-0.25, -0.2) is 9.97 Å². The van der Waals surface area contributed by atoms with Crippen molar-refractivity contribution in [3.05, 3.63) is 29.8 Å². The highest BCUT2D eigenvalue weighted by atomic mass is 16.5. The molecule has 0 bridgehead atoms. The summed E-state index contributed by atoms with van der Waals surface area (Å²) in [6, 6.07) is 7.18. The number of carbonyl (C=O) groups is 1. The molecule has 23 heavy (non-hydrogen) atoms. The Morgan fingerprint density at radius 1 is 1.17 bits per heavy atom. The van der Waals surface area contributed by atoms with E-state index in [2.05, 4.69) is 9.97 Å². The molecule has 0 spiro atoms. The highest BCUT2D eigenvalue weighted by Crippen LogP contribution is 2.43. The zero-order valence-corrected chi connectivity index (χ0v) is 12.9. The number of hydrogen-bond acceptors (Lipinski definition) is 6. The summed E-state index contributed by atoms with van der Waals surface area (Å²) in [4.78, 5) is 20.5. The molecule has 0 saturated carbocycles. The molecule has 3 aromatic rings. The van der Waals surface area contributed by atoms with E-state index < -0.39 is 5.91 Å². The molecule has 0 atom stereocenters.